The number of benzene rings is 3. The molecule has 0 aliphatic carbocycles. The number of carbonyl (C=O) groups is 1. The molecule has 7 heteroatoms. The summed E-state index contributed by atoms with van der Waals surface area (Å²) in [7, 11) is 0. The van der Waals surface area contributed by atoms with E-state index in [-0.39, 0.29) is 18.4 Å². The second-order valence-corrected chi connectivity index (χ2v) is 9.36. The fourth-order valence-corrected chi connectivity index (χ4v) is 4.92. The molecule has 172 valence electrons. The first kappa shape index (κ1) is 22.6. The highest BCUT2D eigenvalue weighted by Gasteiger charge is 2.35. The number of aryl methyl sites for hydroxylation is 1. The Morgan fingerprint density at radius 2 is 1.79 bits per heavy atom. The number of fused-ring (bicyclic) bond motifs is 3. The van der Waals surface area contributed by atoms with Gasteiger partial charge in [-0.2, -0.15) is 0 Å². The average Bonchev–Trinajstić information content (AvgIpc) is 3.18. The number of rotatable bonds is 5. The summed E-state index contributed by atoms with van der Waals surface area (Å²) in [5.41, 5.74) is 4.80. The van der Waals surface area contributed by atoms with Gasteiger partial charge in [0.05, 0.1) is 17.4 Å². The van der Waals surface area contributed by atoms with E-state index in [0.29, 0.717) is 16.5 Å². The molecule has 0 spiro atoms. The van der Waals surface area contributed by atoms with Crippen LogP contribution in [0.5, 0.6) is 0 Å². The van der Waals surface area contributed by atoms with E-state index in [1.807, 2.05) is 48.5 Å². The van der Waals surface area contributed by atoms with E-state index in [2.05, 4.69) is 29.3 Å². The second kappa shape index (κ2) is 9.61. The highest BCUT2D eigenvalue weighted by molar-refractivity contribution is 6.35. The van der Waals surface area contributed by atoms with Crippen molar-refractivity contribution in [3.05, 3.63) is 99.5 Å². The van der Waals surface area contributed by atoms with Gasteiger partial charge in [-0.05, 0) is 37.1 Å². The van der Waals surface area contributed by atoms with E-state index >= 15 is 0 Å². The van der Waals surface area contributed by atoms with Crippen LogP contribution >= 0.6 is 23.2 Å². The Balaban J connectivity index is 1.46. The van der Waals surface area contributed by atoms with Crippen molar-refractivity contribution in [1.29, 1.82) is 0 Å². The molecule has 5 nitrogen and oxygen atoms in total. The molecule has 1 unspecified atom stereocenters. The molecule has 0 bridgehead atoms. The molecule has 5 rings (SSSR count). The second-order valence-electron chi connectivity index (χ2n) is 8.51. The predicted molar refractivity (Wildman–Crippen MR) is 139 cm³/mol. The molecule has 2 atom stereocenters. The number of amidine groups is 1. The number of carbonyl (C=O) groups excluding carboxylic acids is 1. The summed E-state index contributed by atoms with van der Waals surface area (Å²) >= 11 is 12.3. The van der Waals surface area contributed by atoms with Gasteiger partial charge in [-0.1, -0.05) is 77.8 Å². The van der Waals surface area contributed by atoms with Crippen LogP contribution < -0.4 is 10.2 Å². The summed E-state index contributed by atoms with van der Waals surface area (Å²) < 4.78 is 0. The summed E-state index contributed by atoms with van der Waals surface area (Å²) in [6, 6.07) is 23.7. The maximum atomic E-state index is 13.0. The molecule has 0 radical (unpaired) electrons. The van der Waals surface area contributed by atoms with Crippen LogP contribution in [0.2, 0.25) is 10.0 Å². The molecule has 1 amide bonds. The number of aliphatic imine (C=N–C) groups is 2. The van der Waals surface area contributed by atoms with Crippen molar-refractivity contribution < 1.29 is 4.79 Å². The first-order valence-electron chi connectivity index (χ1n) is 11.3. The largest absolute Gasteiger partial charge is 0.328 e. The number of halogens is 2. The molecule has 2 aliphatic heterocycles. The lowest BCUT2D eigenvalue weighted by atomic mass is 10.0. The molecular formula is C27H24Cl2N4O. The normalized spacial score (nSPS) is 19.0. The van der Waals surface area contributed by atoms with E-state index in [9.17, 15) is 4.79 Å². The van der Waals surface area contributed by atoms with Crippen molar-refractivity contribution in [2.45, 2.75) is 32.0 Å². The Kier molecular flexibility index (Phi) is 6.40. The van der Waals surface area contributed by atoms with Crippen LogP contribution in [-0.2, 0) is 11.2 Å². The molecule has 0 saturated carbocycles. The van der Waals surface area contributed by atoms with Crippen molar-refractivity contribution in [3.8, 4) is 0 Å². The number of para-hydroxylation sites is 1. The predicted octanol–water partition coefficient (Wildman–Crippen LogP) is 5.53. The van der Waals surface area contributed by atoms with E-state index in [0.717, 1.165) is 40.5 Å². The number of anilines is 1. The lowest BCUT2D eigenvalue weighted by Gasteiger charge is -2.24. The van der Waals surface area contributed by atoms with Gasteiger partial charge in [0.1, 0.15) is 5.84 Å². The maximum absolute atomic E-state index is 13.0. The van der Waals surface area contributed by atoms with Crippen molar-refractivity contribution in [1.82, 2.24) is 5.32 Å². The summed E-state index contributed by atoms with van der Waals surface area (Å²) in [5, 5.41) is 4.26. The smallest absolute Gasteiger partial charge is 0.222 e. The van der Waals surface area contributed by atoms with E-state index in [1.165, 1.54) is 0 Å². The molecule has 0 fully saturated rings. The minimum atomic E-state index is -0.583. The quantitative estimate of drug-likeness (QED) is 0.511. The van der Waals surface area contributed by atoms with Crippen LogP contribution in [0, 0.1) is 0 Å². The standard InChI is InChI=1S/C27H24Cl2N4O/c1-17-16-33-23-10-6-5-9-21(23)25(19-7-3-2-4-8-19)32-26(27(33)30-17)31-24(34)14-12-18-11-13-20(28)15-22(18)29/h2-11,13,15,17,26H,12,14,16H2,1H3,(H,31,34)/t17-,26?/m0/s1. The first-order chi connectivity index (χ1) is 16.5. The number of hydrogen-bond donors (Lipinski definition) is 1. The van der Waals surface area contributed by atoms with Crippen LogP contribution in [0.4, 0.5) is 5.69 Å². The summed E-state index contributed by atoms with van der Waals surface area (Å²) in [4.78, 5) is 25.1. The molecular weight excluding hydrogens is 467 g/mol. The van der Waals surface area contributed by atoms with Crippen LogP contribution in [0.1, 0.15) is 30.0 Å². The zero-order valence-corrected chi connectivity index (χ0v) is 20.2. The van der Waals surface area contributed by atoms with Gasteiger partial charge in [0.2, 0.25) is 5.91 Å². The Hall–Kier alpha value is -3.15. The van der Waals surface area contributed by atoms with Gasteiger partial charge in [0.15, 0.2) is 6.17 Å². The number of nitrogens with zero attached hydrogens (tertiary/aromatic N) is 3. The molecule has 34 heavy (non-hydrogen) atoms. The van der Waals surface area contributed by atoms with Crippen molar-refractivity contribution in [2.24, 2.45) is 9.98 Å². The summed E-state index contributed by atoms with van der Waals surface area (Å²) in [5.74, 6) is 0.657. The van der Waals surface area contributed by atoms with Gasteiger partial charge in [-0.3, -0.25) is 14.8 Å². The van der Waals surface area contributed by atoms with Gasteiger partial charge in [-0.25, -0.2) is 0 Å². The van der Waals surface area contributed by atoms with Crippen LogP contribution in [-0.4, -0.2) is 36.2 Å². The maximum Gasteiger partial charge on any atom is 0.222 e. The third kappa shape index (κ3) is 4.59. The minimum Gasteiger partial charge on any atom is -0.328 e. The van der Waals surface area contributed by atoms with Gasteiger partial charge >= 0.3 is 0 Å². The third-order valence-corrected chi connectivity index (χ3v) is 6.60. The molecule has 3 aromatic carbocycles. The Bertz CT molecular complexity index is 1290. The van der Waals surface area contributed by atoms with Gasteiger partial charge in [0, 0.05) is 34.1 Å². The number of nitrogens with one attached hydrogen (secondary N) is 1. The molecule has 2 heterocycles. The number of hydrogen-bond acceptors (Lipinski definition) is 4. The monoisotopic (exact) mass is 490 g/mol. The molecule has 0 saturated heterocycles. The van der Waals surface area contributed by atoms with Crippen LogP contribution in [0.15, 0.2) is 82.8 Å². The van der Waals surface area contributed by atoms with Crippen LogP contribution in [0.3, 0.4) is 0 Å². The molecule has 0 aromatic heterocycles. The lowest BCUT2D eigenvalue weighted by Crippen LogP contribution is -2.45. The van der Waals surface area contributed by atoms with Crippen molar-refractivity contribution in [3.63, 3.8) is 0 Å². The molecule has 2 aliphatic rings. The zero-order valence-electron chi connectivity index (χ0n) is 18.7. The third-order valence-electron chi connectivity index (χ3n) is 6.01. The average molecular weight is 491 g/mol. The molecule has 1 N–H and O–H groups in total. The van der Waals surface area contributed by atoms with Crippen molar-refractivity contribution >= 4 is 46.3 Å². The number of amides is 1. The molecule has 3 aromatic rings. The van der Waals surface area contributed by atoms with E-state index in [4.69, 9.17) is 33.2 Å². The topological polar surface area (TPSA) is 57.1 Å². The SMILES string of the molecule is C[C@H]1CN2C(=N1)C(NC(=O)CCc1ccc(Cl)cc1Cl)N=C(c1ccccc1)c1ccccc12. The highest BCUT2D eigenvalue weighted by atomic mass is 35.5. The summed E-state index contributed by atoms with van der Waals surface area (Å²) in [6.45, 7) is 2.82. The Labute approximate surface area is 209 Å². The minimum absolute atomic E-state index is 0.111. The van der Waals surface area contributed by atoms with Crippen LogP contribution in [0.25, 0.3) is 0 Å². The lowest BCUT2D eigenvalue weighted by molar-refractivity contribution is -0.121. The fraction of sp³-hybridized carbons (Fsp3) is 0.222. The fourth-order valence-electron chi connectivity index (χ4n) is 4.42. The Morgan fingerprint density at radius 1 is 1.03 bits per heavy atom. The van der Waals surface area contributed by atoms with E-state index in [1.54, 1.807) is 12.1 Å². The van der Waals surface area contributed by atoms with Gasteiger partial charge in [-0.15, -0.1) is 0 Å². The zero-order chi connectivity index (χ0) is 23.7. The summed E-state index contributed by atoms with van der Waals surface area (Å²) in [6.07, 6.45) is 0.209. The first-order valence-corrected chi connectivity index (χ1v) is 12.1. The Morgan fingerprint density at radius 3 is 2.59 bits per heavy atom. The van der Waals surface area contributed by atoms with Gasteiger partial charge < -0.3 is 10.2 Å². The van der Waals surface area contributed by atoms with Gasteiger partial charge in [0.25, 0.3) is 0 Å². The van der Waals surface area contributed by atoms with E-state index < -0.39 is 6.17 Å². The van der Waals surface area contributed by atoms with Crippen molar-refractivity contribution in [2.75, 3.05) is 11.4 Å². The highest BCUT2D eigenvalue weighted by Crippen LogP contribution is 2.31.